The molecular formula is C18H24N4O4. The van der Waals surface area contributed by atoms with Crippen LogP contribution < -0.4 is 10.3 Å². The zero-order valence-electron chi connectivity index (χ0n) is 15.3. The molecule has 8 nitrogen and oxygen atoms in total. The first-order valence-corrected chi connectivity index (χ1v) is 8.88. The number of ether oxygens (including phenoxy) is 1. The number of nitrogens with one attached hydrogen (secondary N) is 1. The van der Waals surface area contributed by atoms with Gasteiger partial charge < -0.3 is 19.1 Å². The normalized spacial score (nSPS) is 17.1. The number of carbonyl (C=O) groups is 1. The Bertz CT molecular complexity index is 827. The largest absolute Gasteiger partial charge is 0.479 e. The van der Waals surface area contributed by atoms with Crippen molar-refractivity contribution >= 4 is 5.91 Å². The molecule has 1 N–H and O–H groups in total. The molecule has 8 heteroatoms. The van der Waals surface area contributed by atoms with E-state index < -0.39 is 0 Å². The van der Waals surface area contributed by atoms with Gasteiger partial charge in [-0.3, -0.25) is 9.59 Å². The first kappa shape index (κ1) is 18.2. The van der Waals surface area contributed by atoms with E-state index in [0.29, 0.717) is 36.9 Å². The number of nitrogens with zero attached hydrogens (tertiary/aromatic N) is 3. The topological polar surface area (TPSA) is 101 Å². The van der Waals surface area contributed by atoms with Gasteiger partial charge in [-0.2, -0.15) is 0 Å². The van der Waals surface area contributed by atoms with Crippen molar-refractivity contribution in [2.24, 2.45) is 0 Å². The second kappa shape index (κ2) is 7.72. The number of hydrogen-bond donors (Lipinski definition) is 1. The number of hydrogen-bond acceptors (Lipinski definition) is 6. The highest BCUT2D eigenvalue weighted by molar-refractivity contribution is 5.77. The first-order valence-electron chi connectivity index (χ1n) is 8.88. The number of carbonyl (C=O) groups excluding carboxylic acids is 1. The smallest absolute Gasteiger partial charge is 0.254 e. The van der Waals surface area contributed by atoms with Gasteiger partial charge in [0, 0.05) is 31.5 Å². The number of aryl methyl sites for hydroxylation is 1. The molecule has 140 valence electrons. The molecule has 0 aliphatic carbocycles. The molecule has 26 heavy (non-hydrogen) atoms. The average molecular weight is 360 g/mol. The number of aromatic nitrogens is 3. The van der Waals surface area contributed by atoms with E-state index in [1.807, 2.05) is 13.8 Å². The van der Waals surface area contributed by atoms with Crippen LogP contribution in [0.25, 0.3) is 0 Å². The summed E-state index contributed by atoms with van der Waals surface area (Å²) in [6, 6.07) is 3.02. The minimum Gasteiger partial charge on any atom is -0.479 e. The standard InChI is InChI=1S/C18H24N4O4/c1-11(2)13-10-15(23)20-18(19-13)14-5-4-8-22(14)17(24)7-6-12-9-16(25-3)21-26-12/h9-11,14H,4-8H2,1-3H3,(H,19,20,23)/t14-/m0/s1. The molecule has 2 aromatic rings. The highest BCUT2D eigenvalue weighted by Crippen LogP contribution is 2.30. The van der Waals surface area contributed by atoms with E-state index in [1.165, 1.54) is 13.2 Å². The summed E-state index contributed by atoms with van der Waals surface area (Å²) in [6.07, 6.45) is 2.45. The van der Waals surface area contributed by atoms with E-state index in [4.69, 9.17) is 9.26 Å². The molecule has 1 aliphatic rings. The summed E-state index contributed by atoms with van der Waals surface area (Å²) in [6.45, 7) is 4.66. The van der Waals surface area contributed by atoms with E-state index in [-0.39, 0.29) is 23.4 Å². The summed E-state index contributed by atoms with van der Waals surface area (Å²) >= 11 is 0. The Hall–Kier alpha value is -2.64. The maximum atomic E-state index is 12.7. The molecule has 0 spiro atoms. The lowest BCUT2D eigenvalue weighted by atomic mass is 10.1. The SMILES string of the molecule is COc1cc(CCC(=O)N2CCC[C@H]2c2nc(C(C)C)cc(=O)[nH]2)on1. The molecule has 0 bridgehead atoms. The molecule has 2 aromatic heterocycles. The van der Waals surface area contributed by atoms with Gasteiger partial charge in [0.2, 0.25) is 5.91 Å². The van der Waals surface area contributed by atoms with Gasteiger partial charge in [-0.1, -0.05) is 13.8 Å². The molecule has 1 aliphatic heterocycles. The number of likely N-dealkylation sites (tertiary alicyclic amines) is 1. The molecular weight excluding hydrogens is 336 g/mol. The van der Waals surface area contributed by atoms with Gasteiger partial charge in [-0.05, 0) is 23.9 Å². The fourth-order valence-corrected chi connectivity index (χ4v) is 3.18. The van der Waals surface area contributed by atoms with Crippen LogP contribution >= 0.6 is 0 Å². The summed E-state index contributed by atoms with van der Waals surface area (Å²) in [5.41, 5.74) is 0.573. The van der Waals surface area contributed by atoms with Gasteiger partial charge >= 0.3 is 0 Å². The molecule has 1 amide bonds. The zero-order valence-corrected chi connectivity index (χ0v) is 15.3. The Morgan fingerprint density at radius 1 is 1.46 bits per heavy atom. The van der Waals surface area contributed by atoms with Gasteiger partial charge in [0.15, 0.2) is 0 Å². The van der Waals surface area contributed by atoms with Crippen LogP contribution in [0.5, 0.6) is 5.88 Å². The Balaban J connectivity index is 1.71. The van der Waals surface area contributed by atoms with Gasteiger partial charge in [0.05, 0.1) is 18.8 Å². The monoisotopic (exact) mass is 360 g/mol. The van der Waals surface area contributed by atoms with Crippen molar-refractivity contribution in [1.82, 2.24) is 20.0 Å². The predicted octanol–water partition coefficient (Wildman–Crippen LogP) is 2.19. The highest BCUT2D eigenvalue weighted by atomic mass is 16.5. The number of methoxy groups -OCH3 is 1. The van der Waals surface area contributed by atoms with Crippen LogP contribution in [-0.2, 0) is 11.2 Å². The summed E-state index contributed by atoms with van der Waals surface area (Å²) in [7, 11) is 1.51. The van der Waals surface area contributed by atoms with Crippen LogP contribution in [-0.4, -0.2) is 39.6 Å². The molecule has 1 fully saturated rings. The fourth-order valence-electron chi connectivity index (χ4n) is 3.18. The molecule has 0 radical (unpaired) electrons. The molecule has 3 rings (SSSR count). The van der Waals surface area contributed by atoms with Crippen molar-refractivity contribution in [3.05, 3.63) is 39.8 Å². The zero-order chi connectivity index (χ0) is 18.7. The summed E-state index contributed by atoms with van der Waals surface area (Å²) < 4.78 is 10.1. The molecule has 0 saturated carbocycles. The summed E-state index contributed by atoms with van der Waals surface area (Å²) in [5, 5.41) is 3.74. The summed E-state index contributed by atoms with van der Waals surface area (Å²) in [4.78, 5) is 33.9. The fraction of sp³-hybridized carbons (Fsp3) is 0.556. The molecule has 3 heterocycles. The molecule has 1 atom stereocenters. The van der Waals surface area contributed by atoms with Gasteiger partial charge in [0.1, 0.15) is 11.6 Å². The highest BCUT2D eigenvalue weighted by Gasteiger charge is 2.31. The maximum Gasteiger partial charge on any atom is 0.254 e. The van der Waals surface area contributed by atoms with E-state index >= 15 is 0 Å². The van der Waals surface area contributed by atoms with Crippen LogP contribution in [0.15, 0.2) is 21.5 Å². The van der Waals surface area contributed by atoms with E-state index in [2.05, 4.69) is 15.1 Å². The van der Waals surface area contributed by atoms with Crippen molar-refractivity contribution < 1.29 is 14.1 Å². The molecule has 0 aromatic carbocycles. The average Bonchev–Trinajstić information content (AvgIpc) is 3.28. The van der Waals surface area contributed by atoms with Gasteiger partial charge in [-0.25, -0.2) is 4.98 Å². The van der Waals surface area contributed by atoms with Crippen LogP contribution in [0.4, 0.5) is 0 Å². The summed E-state index contributed by atoms with van der Waals surface area (Å²) in [5.74, 6) is 1.76. The Morgan fingerprint density at radius 3 is 2.96 bits per heavy atom. The Kier molecular flexibility index (Phi) is 5.39. The maximum absolute atomic E-state index is 12.7. The lowest BCUT2D eigenvalue weighted by molar-refractivity contribution is -0.132. The van der Waals surface area contributed by atoms with E-state index in [9.17, 15) is 9.59 Å². The van der Waals surface area contributed by atoms with Crippen molar-refractivity contribution in [2.45, 2.75) is 51.5 Å². The first-order chi connectivity index (χ1) is 12.5. The van der Waals surface area contributed by atoms with Gasteiger partial charge in [-0.15, -0.1) is 0 Å². The molecule has 0 unspecified atom stereocenters. The van der Waals surface area contributed by atoms with Crippen molar-refractivity contribution in [1.29, 1.82) is 0 Å². The number of H-pyrrole nitrogens is 1. The number of aromatic amines is 1. The van der Waals surface area contributed by atoms with E-state index in [1.54, 1.807) is 11.0 Å². The quantitative estimate of drug-likeness (QED) is 0.847. The third-order valence-electron chi connectivity index (χ3n) is 4.59. The minimum atomic E-state index is -0.182. The number of amides is 1. The lowest BCUT2D eigenvalue weighted by Gasteiger charge is -2.24. The number of rotatable bonds is 6. The second-order valence-corrected chi connectivity index (χ2v) is 6.79. The third-order valence-corrected chi connectivity index (χ3v) is 4.59. The second-order valence-electron chi connectivity index (χ2n) is 6.79. The van der Waals surface area contributed by atoms with Crippen LogP contribution in [0, 0.1) is 0 Å². The Morgan fingerprint density at radius 2 is 2.27 bits per heavy atom. The third kappa shape index (κ3) is 3.95. The predicted molar refractivity (Wildman–Crippen MR) is 94.0 cm³/mol. The minimum absolute atomic E-state index is 0.0143. The van der Waals surface area contributed by atoms with Crippen LogP contribution in [0.3, 0.4) is 0 Å². The molecule has 1 saturated heterocycles. The van der Waals surface area contributed by atoms with Crippen LogP contribution in [0.2, 0.25) is 0 Å². The van der Waals surface area contributed by atoms with Crippen molar-refractivity contribution in [3.63, 3.8) is 0 Å². The lowest BCUT2D eigenvalue weighted by Crippen LogP contribution is -2.32. The van der Waals surface area contributed by atoms with Crippen molar-refractivity contribution in [2.75, 3.05) is 13.7 Å². The van der Waals surface area contributed by atoms with Crippen LogP contribution in [0.1, 0.15) is 62.3 Å². The Labute approximate surface area is 151 Å². The van der Waals surface area contributed by atoms with E-state index in [0.717, 1.165) is 18.5 Å². The van der Waals surface area contributed by atoms with Crippen molar-refractivity contribution in [3.8, 4) is 5.88 Å². The van der Waals surface area contributed by atoms with Gasteiger partial charge in [0.25, 0.3) is 11.4 Å².